The lowest BCUT2D eigenvalue weighted by Gasteiger charge is -2.24. The Bertz CT molecular complexity index is 922. The van der Waals surface area contributed by atoms with Crippen LogP contribution in [0.2, 0.25) is 0 Å². The molecule has 0 saturated carbocycles. The molecule has 0 aliphatic carbocycles. The molecule has 2 aliphatic heterocycles. The molecular weight excluding hydrogens is 344 g/mol. The maximum absolute atomic E-state index is 12.2. The first-order valence-corrected chi connectivity index (χ1v) is 9.51. The molecule has 0 amide bonds. The first kappa shape index (κ1) is 17.9. The summed E-state index contributed by atoms with van der Waals surface area (Å²) in [6.07, 6.45) is 3.03. The van der Waals surface area contributed by atoms with Gasteiger partial charge in [-0.2, -0.15) is 0 Å². The molecule has 4 rings (SSSR count). The Balaban J connectivity index is 1.41. The number of para-hydroxylation sites is 1. The van der Waals surface area contributed by atoms with Gasteiger partial charge in [-0.05, 0) is 30.9 Å². The molecule has 1 fully saturated rings. The lowest BCUT2D eigenvalue weighted by atomic mass is 10.1. The summed E-state index contributed by atoms with van der Waals surface area (Å²) >= 11 is 0. The topological polar surface area (TPSA) is 68.5 Å². The number of hydrogen-bond donors (Lipinski definition) is 1. The predicted molar refractivity (Wildman–Crippen MR) is 105 cm³/mol. The highest BCUT2D eigenvalue weighted by atomic mass is 16.5. The Kier molecular flexibility index (Phi) is 4.78. The Morgan fingerprint density at radius 3 is 2.74 bits per heavy atom. The van der Waals surface area contributed by atoms with E-state index < -0.39 is 0 Å². The largest absolute Gasteiger partial charge is 0.492 e. The van der Waals surface area contributed by atoms with Gasteiger partial charge in [0, 0.05) is 45.3 Å². The molecule has 2 aliphatic rings. The maximum atomic E-state index is 12.2. The van der Waals surface area contributed by atoms with E-state index >= 15 is 0 Å². The van der Waals surface area contributed by atoms with E-state index in [1.807, 2.05) is 12.1 Å². The second-order valence-corrected chi connectivity index (χ2v) is 7.49. The number of fused-ring (bicyclic) bond motifs is 1. The molecule has 2 atom stereocenters. The van der Waals surface area contributed by atoms with Crippen LogP contribution in [0.25, 0.3) is 0 Å². The first-order chi connectivity index (χ1) is 13.0. The van der Waals surface area contributed by atoms with Gasteiger partial charge in [-0.3, -0.25) is 13.9 Å². The van der Waals surface area contributed by atoms with Crippen LogP contribution in [0, 0.1) is 0 Å². The molecule has 2 aromatic rings. The lowest BCUT2D eigenvalue weighted by Crippen LogP contribution is -2.44. The quantitative estimate of drug-likeness (QED) is 0.859. The number of hydrogen-bond acceptors (Lipinski definition) is 5. The zero-order valence-corrected chi connectivity index (χ0v) is 15.9. The number of aryl methyl sites for hydroxylation is 1. The van der Waals surface area contributed by atoms with Crippen molar-refractivity contribution in [2.45, 2.75) is 31.3 Å². The molecular formula is C20H26N4O3. The summed E-state index contributed by atoms with van der Waals surface area (Å²) in [6.45, 7) is 2.27. The van der Waals surface area contributed by atoms with Crippen LogP contribution in [0.1, 0.15) is 18.4 Å². The van der Waals surface area contributed by atoms with Crippen LogP contribution in [0.15, 0.2) is 39.9 Å². The van der Waals surface area contributed by atoms with Gasteiger partial charge in [0.15, 0.2) is 0 Å². The third kappa shape index (κ3) is 3.51. The van der Waals surface area contributed by atoms with E-state index in [1.165, 1.54) is 12.6 Å². The fourth-order valence-corrected chi connectivity index (χ4v) is 4.05. The molecule has 0 spiro atoms. The molecule has 7 nitrogen and oxygen atoms in total. The van der Waals surface area contributed by atoms with Crippen molar-refractivity contribution < 1.29 is 4.74 Å². The van der Waals surface area contributed by atoms with Crippen LogP contribution in [-0.4, -0.2) is 40.9 Å². The van der Waals surface area contributed by atoms with E-state index in [-0.39, 0.29) is 11.2 Å². The van der Waals surface area contributed by atoms with E-state index in [2.05, 4.69) is 22.3 Å². The summed E-state index contributed by atoms with van der Waals surface area (Å²) in [7, 11) is 3.22. The third-order valence-corrected chi connectivity index (χ3v) is 5.66. The number of rotatable bonds is 3. The fourth-order valence-electron chi connectivity index (χ4n) is 4.05. The van der Waals surface area contributed by atoms with Crippen molar-refractivity contribution in [3.63, 3.8) is 0 Å². The molecule has 1 saturated heterocycles. The minimum absolute atomic E-state index is 0.264. The van der Waals surface area contributed by atoms with Gasteiger partial charge in [0.2, 0.25) is 0 Å². The smallest absolute Gasteiger partial charge is 0.332 e. The summed E-state index contributed by atoms with van der Waals surface area (Å²) in [4.78, 5) is 26.3. The van der Waals surface area contributed by atoms with Gasteiger partial charge >= 0.3 is 5.69 Å². The van der Waals surface area contributed by atoms with E-state index in [0.717, 1.165) is 42.7 Å². The number of anilines is 1. The number of aromatic nitrogens is 2. The highest BCUT2D eigenvalue weighted by Crippen LogP contribution is 2.24. The van der Waals surface area contributed by atoms with Gasteiger partial charge in [0.1, 0.15) is 18.2 Å². The molecule has 7 heteroatoms. The molecule has 1 aromatic heterocycles. The Labute approximate surface area is 158 Å². The normalized spacial score (nSPS) is 22.2. The van der Waals surface area contributed by atoms with Crippen molar-refractivity contribution in [3.05, 3.63) is 56.7 Å². The zero-order chi connectivity index (χ0) is 19.0. The minimum Gasteiger partial charge on any atom is -0.492 e. The molecule has 144 valence electrons. The van der Waals surface area contributed by atoms with Crippen LogP contribution in [0.3, 0.4) is 0 Å². The molecule has 1 aromatic carbocycles. The van der Waals surface area contributed by atoms with Gasteiger partial charge in [-0.25, -0.2) is 4.79 Å². The zero-order valence-electron chi connectivity index (χ0n) is 15.9. The van der Waals surface area contributed by atoms with Crippen molar-refractivity contribution in [2.75, 3.05) is 24.6 Å². The summed E-state index contributed by atoms with van der Waals surface area (Å²) in [5, 5.41) is 3.72. The highest BCUT2D eigenvalue weighted by molar-refractivity contribution is 5.40. The van der Waals surface area contributed by atoms with Crippen LogP contribution in [0.5, 0.6) is 5.75 Å². The fraction of sp³-hybridized carbons (Fsp3) is 0.500. The van der Waals surface area contributed by atoms with Crippen LogP contribution >= 0.6 is 0 Å². The van der Waals surface area contributed by atoms with E-state index in [0.29, 0.717) is 24.5 Å². The lowest BCUT2D eigenvalue weighted by molar-refractivity contribution is 0.257. The summed E-state index contributed by atoms with van der Waals surface area (Å²) < 4.78 is 8.67. The Morgan fingerprint density at radius 2 is 1.89 bits per heavy atom. The van der Waals surface area contributed by atoms with Crippen molar-refractivity contribution >= 4 is 5.82 Å². The second kappa shape index (κ2) is 7.23. The molecule has 3 heterocycles. The van der Waals surface area contributed by atoms with Crippen molar-refractivity contribution in [2.24, 2.45) is 14.1 Å². The van der Waals surface area contributed by atoms with Gasteiger partial charge < -0.3 is 15.0 Å². The van der Waals surface area contributed by atoms with Crippen molar-refractivity contribution in [1.82, 2.24) is 14.5 Å². The summed E-state index contributed by atoms with van der Waals surface area (Å²) in [5.41, 5.74) is 0.716. The van der Waals surface area contributed by atoms with Crippen molar-refractivity contribution in [3.8, 4) is 5.75 Å². The number of nitrogens with zero attached hydrogens (tertiary/aromatic N) is 3. The SMILES string of the molecule is Cn1c(N2CC[C@H](NC3CCc4ccccc4OC3)C2)cc(=O)n(C)c1=O. The van der Waals surface area contributed by atoms with Gasteiger partial charge in [-0.15, -0.1) is 0 Å². The van der Waals surface area contributed by atoms with E-state index in [4.69, 9.17) is 4.74 Å². The average Bonchev–Trinajstić information content (AvgIpc) is 3.04. The first-order valence-electron chi connectivity index (χ1n) is 9.51. The molecule has 27 heavy (non-hydrogen) atoms. The third-order valence-electron chi connectivity index (χ3n) is 5.66. The van der Waals surface area contributed by atoms with Crippen LogP contribution in [-0.2, 0) is 20.5 Å². The molecule has 1 unspecified atom stereocenters. The van der Waals surface area contributed by atoms with Gasteiger partial charge in [0.25, 0.3) is 5.56 Å². The highest BCUT2D eigenvalue weighted by Gasteiger charge is 2.28. The van der Waals surface area contributed by atoms with Gasteiger partial charge in [-0.1, -0.05) is 18.2 Å². The van der Waals surface area contributed by atoms with E-state index in [9.17, 15) is 9.59 Å². The molecule has 1 N–H and O–H groups in total. The Morgan fingerprint density at radius 1 is 1.07 bits per heavy atom. The monoisotopic (exact) mass is 370 g/mol. The second-order valence-electron chi connectivity index (χ2n) is 7.49. The molecule has 0 radical (unpaired) electrons. The standard InChI is InChI=1S/C20H26N4O3/c1-22-18(11-19(25)23(2)20(22)26)24-10-9-15(12-24)21-16-8-7-14-5-3-4-6-17(14)27-13-16/h3-6,11,15-16,21H,7-10,12-13H2,1-2H3/t15-,16?/m0/s1. The number of nitrogens with one attached hydrogen (secondary N) is 1. The van der Waals surface area contributed by atoms with Crippen molar-refractivity contribution in [1.29, 1.82) is 0 Å². The van der Waals surface area contributed by atoms with Gasteiger partial charge in [0.05, 0.1) is 0 Å². The van der Waals surface area contributed by atoms with Crippen LogP contribution < -0.4 is 26.2 Å². The minimum atomic E-state index is -0.288. The molecule has 0 bridgehead atoms. The number of benzene rings is 1. The predicted octanol–water partition coefficient (Wildman–Crippen LogP) is 0.646. The summed E-state index contributed by atoms with van der Waals surface area (Å²) in [6, 6.07) is 10.4. The number of ether oxygens (including phenoxy) is 1. The summed E-state index contributed by atoms with van der Waals surface area (Å²) in [5.74, 6) is 1.68. The Hall–Kier alpha value is -2.54. The van der Waals surface area contributed by atoms with Crippen LogP contribution in [0.4, 0.5) is 5.82 Å². The van der Waals surface area contributed by atoms with E-state index in [1.54, 1.807) is 17.7 Å². The maximum Gasteiger partial charge on any atom is 0.332 e. The average molecular weight is 370 g/mol.